The number of thiazole rings is 2. The number of aryl methyl sites for hydroxylation is 2. The highest BCUT2D eigenvalue weighted by molar-refractivity contribution is 9.11. The van der Waals surface area contributed by atoms with Crippen LogP contribution in [0.1, 0.15) is 25.2 Å². The van der Waals surface area contributed by atoms with Gasteiger partial charge in [-0.25, -0.2) is 31.5 Å². The van der Waals surface area contributed by atoms with Gasteiger partial charge in [0.05, 0.1) is 28.7 Å². The number of carbonyl (C=O) groups is 2. The Bertz CT molecular complexity index is 1930. The normalized spacial score (nSPS) is 11.8. The topological polar surface area (TPSA) is 168 Å². The summed E-state index contributed by atoms with van der Waals surface area (Å²) in [6.45, 7) is 7.39. The Morgan fingerprint density at radius 2 is 1.24 bits per heavy atom. The third kappa shape index (κ3) is 10.6. The highest BCUT2D eigenvalue weighted by Gasteiger charge is 2.23. The molecule has 0 radical (unpaired) electrons. The molecule has 0 spiro atoms. The van der Waals surface area contributed by atoms with Gasteiger partial charge in [-0.1, -0.05) is 22.7 Å². The molecule has 4 heterocycles. The highest BCUT2D eigenvalue weighted by atomic mass is 79.9. The van der Waals surface area contributed by atoms with E-state index in [9.17, 15) is 26.4 Å². The molecule has 45 heavy (non-hydrogen) atoms. The number of hydrogen-bond donors (Lipinski definition) is 3. The van der Waals surface area contributed by atoms with E-state index in [1.165, 1.54) is 42.6 Å². The lowest BCUT2D eigenvalue weighted by Crippen LogP contribution is -2.30. The van der Waals surface area contributed by atoms with Crippen molar-refractivity contribution in [2.24, 2.45) is 0 Å². The van der Waals surface area contributed by atoms with Crippen molar-refractivity contribution < 1.29 is 26.4 Å². The van der Waals surface area contributed by atoms with Gasteiger partial charge in [-0.3, -0.25) is 9.59 Å². The van der Waals surface area contributed by atoms with Gasteiger partial charge < -0.3 is 15.5 Å². The third-order valence-corrected chi connectivity index (χ3v) is 15.2. The summed E-state index contributed by atoms with van der Waals surface area (Å²) in [5.41, 5.74) is 2.89. The molecule has 0 aliphatic carbocycles. The number of anilines is 2. The first-order valence-electron chi connectivity index (χ1n) is 12.5. The lowest BCUT2D eigenvalue weighted by molar-refractivity contribution is -0.115. The van der Waals surface area contributed by atoms with Crippen molar-refractivity contribution in [2.75, 3.05) is 37.8 Å². The van der Waals surface area contributed by atoms with Gasteiger partial charge in [0, 0.05) is 48.7 Å². The van der Waals surface area contributed by atoms with Crippen molar-refractivity contribution in [3.05, 3.63) is 31.1 Å². The standard InChI is InChI=1S/C14H19BrN4O3S3.C10H8BrClN2O3S3/c1-8-12(24-14(17-8)18-9(2)20)10-7-11(23-13(10)15)25(21,22)16-5-6-19(3)4;1-4-8(19-10(13-4)14-5(2)15)6-3-7(18-9(6)11)20(12,16)17/h7,16H,5-6H2,1-4H3,(H,17,18,20);3H,1-2H3,(H,13,14,15). The molecule has 0 aliphatic rings. The molecule has 246 valence electrons. The molecule has 12 nitrogen and oxygen atoms in total. The van der Waals surface area contributed by atoms with E-state index in [1.54, 1.807) is 13.0 Å². The van der Waals surface area contributed by atoms with Crippen LogP contribution in [-0.2, 0) is 28.7 Å². The molecule has 0 unspecified atom stereocenters. The fraction of sp³-hybridized carbons (Fsp3) is 0.333. The Hall–Kier alpha value is -1.33. The van der Waals surface area contributed by atoms with Crippen LogP contribution in [0.3, 0.4) is 0 Å². The predicted molar refractivity (Wildman–Crippen MR) is 191 cm³/mol. The second-order valence-electron chi connectivity index (χ2n) is 9.37. The SMILES string of the molecule is CC(=O)Nc1nc(C)c(-c2cc(S(=O)(=O)Cl)sc2Br)s1.CC(=O)Nc1nc(C)c(-c2cc(S(=O)(=O)NCCN(C)C)sc2Br)s1. The van der Waals surface area contributed by atoms with Crippen LogP contribution in [0, 0.1) is 13.8 Å². The fourth-order valence-electron chi connectivity index (χ4n) is 3.43. The molecule has 0 aliphatic heterocycles. The molecule has 4 aromatic rings. The lowest BCUT2D eigenvalue weighted by Gasteiger charge is -2.09. The van der Waals surface area contributed by atoms with Crippen LogP contribution in [0.5, 0.6) is 0 Å². The molecule has 4 rings (SSSR count). The first-order valence-corrected chi connectivity index (χ1v) is 21.1. The number of aromatic nitrogens is 2. The molecule has 0 saturated heterocycles. The second kappa shape index (κ2) is 15.7. The molecule has 0 fully saturated rings. The zero-order chi connectivity index (χ0) is 33.9. The van der Waals surface area contributed by atoms with Crippen LogP contribution in [0.2, 0.25) is 0 Å². The van der Waals surface area contributed by atoms with E-state index in [0.717, 1.165) is 43.7 Å². The minimum atomic E-state index is -3.76. The van der Waals surface area contributed by atoms with E-state index >= 15 is 0 Å². The van der Waals surface area contributed by atoms with Gasteiger partial charge in [0.15, 0.2) is 10.3 Å². The van der Waals surface area contributed by atoms with Crippen molar-refractivity contribution in [1.82, 2.24) is 19.6 Å². The average Bonchev–Trinajstić information content (AvgIpc) is 3.64. The molecule has 4 aromatic heterocycles. The number of carbonyl (C=O) groups excluding carboxylic acids is 2. The van der Waals surface area contributed by atoms with E-state index in [1.807, 2.05) is 25.9 Å². The smallest absolute Gasteiger partial charge is 0.270 e. The number of sulfonamides is 1. The summed E-state index contributed by atoms with van der Waals surface area (Å²) in [6.07, 6.45) is 0. The minimum absolute atomic E-state index is 0.0647. The summed E-state index contributed by atoms with van der Waals surface area (Å²) in [4.78, 5) is 34.2. The number of amides is 2. The van der Waals surface area contributed by atoms with Crippen LogP contribution in [0.25, 0.3) is 20.9 Å². The Morgan fingerprint density at radius 3 is 1.62 bits per heavy atom. The van der Waals surface area contributed by atoms with E-state index in [4.69, 9.17) is 10.7 Å². The Kier molecular flexibility index (Phi) is 13.3. The van der Waals surface area contributed by atoms with Gasteiger partial charge in [-0.15, -0.1) is 22.7 Å². The van der Waals surface area contributed by atoms with Gasteiger partial charge >= 0.3 is 0 Å². The molecule has 0 saturated carbocycles. The van der Waals surface area contributed by atoms with Crippen molar-refractivity contribution in [3.8, 4) is 20.9 Å². The first kappa shape index (κ1) is 38.1. The van der Waals surface area contributed by atoms with Gasteiger partial charge in [-0.05, 0) is 71.9 Å². The van der Waals surface area contributed by atoms with Gasteiger partial charge in [0.2, 0.25) is 21.8 Å². The molecule has 21 heteroatoms. The van der Waals surface area contributed by atoms with Crippen molar-refractivity contribution >= 4 is 129 Å². The van der Waals surface area contributed by atoms with Gasteiger partial charge in [0.1, 0.15) is 8.42 Å². The molecular weight excluding hydrogens is 856 g/mol. The number of hydrogen-bond acceptors (Lipinski definition) is 13. The average molecular weight is 883 g/mol. The van der Waals surface area contributed by atoms with Gasteiger partial charge in [-0.2, -0.15) is 0 Å². The quantitative estimate of drug-likeness (QED) is 0.149. The van der Waals surface area contributed by atoms with Gasteiger partial charge in [0.25, 0.3) is 9.05 Å². The van der Waals surface area contributed by atoms with Crippen molar-refractivity contribution in [3.63, 3.8) is 0 Å². The van der Waals surface area contributed by atoms with Crippen LogP contribution in [-0.4, -0.2) is 70.7 Å². The monoisotopic (exact) mass is 880 g/mol. The fourth-order valence-corrected chi connectivity index (χ4v) is 12.4. The Morgan fingerprint density at radius 1 is 0.822 bits per heavy atom. The zero-order valence-electron chi connectivity index (χ0n) is 24.4. The van der Waals surface area contributed by atoms with Crippen LogP contribution in [0.4, 0.5) is 10.3 Å². The molecule has 0 bridgehead atoms. The maximum atomic E-state index is 12.4. The largest absolute Gasteiger partial charge is 0.308 e. The number of likely N-dealkylation sites (N-methyl/N-ethyl adjacent to an activating group) is 1. The highest BCUT2D eigenvalue weighted by Crippen LogP contribution is 2.44. The number of nitrogens with one attached hydrogen (secondary N) is 3. The zero-order valence-corrected chi connectivity index (χ0v) is 33.3. The summed E-state index contributed by atoms with van der Waals surface area (Å²) in [6, 6.07) is 3.12. The van der Waals surface area contributed by atoms with E-state index in [0.29, 0.717) is 42.2 Å². The molecular formula is C24H27Br2ClN6O6S6. The maximum absolute atomic E-state index is 12.4. The van der Waals surface area contributed by atoms with E-state index < -0.39 is 19.1 Å². The van der Waals surface area contributed by atoms with Crippen LogP contribution < -0.4 is 15.4 Å². The lowest BCUT2D eigenvalue weighted by atomic mass is 10.2. The maximum Gasteiger partial charge on any atom is 0.270 e. The van der Waals surface area contributed by atoms with Crippen LogP contribution >= 0.6 is 87.9 Å². The Labute approximate surface area is 298 Å². The predicted octanol–water partition coefficient (Wildman–Crippen LogP) is 6.57. The summed E-state index contributed by atoms with van der Waals surface area (Å²) in [5, 5.41) is 6.22. The van der Waals surface area contributed by atoms with Crippen LogP contribution in [0.15, 0.2) is 28.1 Å². The summed E-state index contributed by atoms with van der Waals surface area (Å²) in [7, 11) is 1.78. The summed E-state index contributed by atoms with van der Waals surface area (Å²) < 4.78 is 51.8. The first-order chi connectivity index (χ1) is 20.8. The molecule has 2 amide bonds. The van der Waals surface area contributed by atoms with Crippen molar-refractivity contribution in [2.45, 2.75) is 36.1 Å². The number of nitrogens with zero attached hydrogens (tertiary/aromatic N) is 3. The number of halogens is 3. The summed E-state index contributed by atoms with van der Waals surface area (Å²) >= 11 is 11.5. The van der Waals surface area contributed by atoms with E-state index in [2.05, 4.69) is 57.2 Å². The Balaban J connectivity index is 0.000000251. The molecule has 0 atom stereocenters. The summed E-state index contributed by atoms with van der Waals surface area (Å²) in [5.74, 6) is -0.406. The third-order valence-electron chi connectivity index (χ3n) is 5.33. The number of rotatable bonds is 10. The minimum Gasteiger partial charge on any atom is -0.308 e. The van der Waals surface area contributed by atoms with E-state index in [-0.39, 0.29) is 20.2 Å². The number of thiophene rings is 2. The molecule has 3 N–H and O–H groups in total. The molecule has 0 aromatic carbocycles. The van der Waals surface area contributed by atoms with Crippen molar-refractivity contribution in [1.29, 1.82) is 0 Å². The second-order valence-corrected chi connectivity index (χ2v) is 20.9.